The van der Waals surface area contributed by atoms with Crippen LogP contribution in [0.25, 0.3) is 0 Å². The van der Waals surface area contributed by atoms with Gasteiger partial charge < -0.3 is 4.74 Å². The van der Waals surface area contributed by atoms with Crippen molar-refractivity contribution in [3.63, 3.8) is 0 Å². The third kappa shape index (κ3) is 3.87. The average molecular weight is 340 g/mol. The van der Waals surface area contributed by atoms with Crippen LogP contribution in [-0.4, -0.2) is 23.9 Å². The molecule has 22 heavy (non-hydrogen) atoms. The van der Waals surface area contributed by atoms with Crippen LogP contribution in [-0.2, 0) is 0 Å². The van der Waals surface area contributed by atoms with E-state index in [0.29, 0.717) is 15.8 Å². The van der Waals surface area contributed by atoms with Crippen LogP contribution in [0.1, 0.15) is 20.8 Å². The number of rotatable bonds is 3. The number of nitrogens with zero attached hydrogens (tertiary/aromatic N) is 1. The highest BCUT2D eigenvalue weighted by Gasteiger charge is 2.14. The van der Waals surface area contributed by atoms with Crippen molar-refractivity contribution >= 4 is 35.0 Å². The van der Waals surface area contributed by atoms with Crippen molar-refractivity contribution < 1.29 is 14.3 Å². The Kier molecular flexibility index (Phi) is 5.19. The summed E-state index contributed by atoms with van der Waals surface area (Å²) in [7, 11) is 1.43. The molecule has 6 nitrogen and oxygen atoms in total. The summed E-state index contributed by atoms with van der Waals surface area (Å²) in [5.41, 5.74) is 4.76. The van der Waals surface area contributed by atoms with Gasteiger partial charge in [-0.25, -0.2) is 0 Å². The van der Waals surface area contributed by atoms with Crippen molar-refractivity contribution in [2.75, 3.05) is 7.11 Å². The number of nitrogens with one attached hydrogen (secondary N) is 2. The molecule has 0 atom stereocenters. The molecule has 0 bridgehead atoms. The zero-order valence-electron chi connectivity index (χ0n) is 11.4. The lowest BCUT2D eigenvalue weighted by Gasteiger charge is -2.10. The van der Waals surface area contributed by atoms with E-state index in [1.165, 1.54) is 31.5 Å². The minimum atomic E-state index is -0.600. The number of halogens is 2. The second kappa shape index (κ2) is 7.11. The molecule has 0 unspecified atom stereocenters. The molecule has 0 aliphatic rings. The van der Waals surface area contributed by atoms with Gasteiger partial charge in [0.2, 0.25) is 0 Å². The van der Waals surface area contributed by atoms with Crippen LogP contribution in [0.2, 0.25) is 10.0 Å². The lowest BCUT2D eigenvalue weighted by Crippen LogP contribution is -2.42. The first kappa shape index (κ1) is 16.1. The summed E-state index contributed by atoms with van der Waals surface area (Å²) in [5.74, 6) is -0.844. The highest BCUT2D eigenvalue weighted by atomic mass is 35.5. The molecule has 1 heterocycles. The molecule has 0 aliphatic heterocycles. The van der Waals surface area contributed by atoms with Crippen LogP contribution in [0, 0.1) is 0 Å². The number of amides is 2. The molecule has 0 spiro atoms. The topological polar surface area (TPSA) is 80.3 Å². The van der Waals surface area contributed by atoms with Gasteiger partial charge in [-0.05, 0) is 30.3 Å². The van der Waals surface area contributed by atoms with Crippen LogP contribution in [0.3, 0.4) is 0 Å². The molecule has 114 valence electrons. The third-order valence-electron chi connectivity index (χ3n) is 2.65. The van der Waals surface area contributed by atoms with Gasteiger partial charge in [0.1, 0.15) is 11.4 Å². The first-order chi connectivity index (χ1) is 10.5. The summed E-state index contributed by atoms with van der Waals surface area (Å²) in [5, 5.41) is 0.733. The Labute approximate surface area is 136 Å². The Morgan fingerprint density at radius 3 is 2.41 bits per heavy atom. The van der Waals surface area contributed by atoms with Gasteiger partial charge in [0.05, 0.1) is 12.7 Å². The van der Waals surface area contributed by atoms with E-state index in [-0.39, 0.29) is 11.3 Å². The maximum atomic E-state index is 12.1. The van der Waals surface area contributed by atoms with Crippen molar-refractivity contribution in [1.82, 2.24) is 15.8 Å². The van der Waals surface area contributed by atoms with E-state index in [9.17, 15) is 9.59 Å². The van der Waals surface area contributed by atoms with Gasteiger partial charge in [0.15, 0.2) is 0 Å². The average Bonchev–Trinajstić information content (AvgIpc) is 2.52. The number of ether oxygens (including phenoxy) is 1. The molecule has 0 aliphatic carbocycles. The second-order valence-electron chi connectivity index (χ2n) is 4.11. The lowest BCUT2D eigenvalue weighted by atomic mass is 10.2. The van der Waals surface area contributed by atoms with Crippen LogP contribution in [0.5, 0.6) is 5.75 Å². The minimum Gasteiger partial charge on any atom is -0.496 e. The van der Waals surface area contributed by atoms with Gasteiger partial charge in [0, 0.05) is 16.2 Å². The van der Waals surface area contributed by atoms with Gasteiger partial charge >= 0.3 is 0 Å². The van der Waals surface area contributed by atoms with Gasteiger partial charge in [-0.3, -0.25) is 25.4 Å². The summed E-state index contributed by atoms with van der Waals surface area (Å²) >= 11 is 11.6. The fourth-order valence-corrected chi connectivity index (χ4v) is 1.96. The maximum Gasteiger partial charge on any atom is 0.288 e. The summed E-state index contributed by atoms with van der Waals surface area (Å²) in [4.78, 5) is 27.8. The van der Waals surface area contributed by atoms with Crippen LogP contribution in [0.4, 0.5) is 0 Å². The van der Waals surface area contributed by atoms with Crippen molar-refractivity contribution in [2.24, 2.45) is 0 Å². The van der Waals surface area contributed by atoms with Crippen LogP contribution in [0.15, 0.2) is 36.5 Å². The fourth-order valence-electron chi connectivity index (χ4n) is 1.63. The van der Waals surface area contributed by atoms with E-state index in [1.54, 1.807) is 12.1 Å². The first-order valence-electron chi connectivity index (χ1n) is 6.07. The van der Waals surface area contributed by atoms with Crippen molar-refractivity contribution in [3.8, 4) is 5.75 Å². The van der Waals surface area contributed by atoms with E-state index in [0.717, 1.165) is 0 Å². The van der Waals surface area contributed by atoms with Crippen LogP contribution >= 0.6 is 23.2 Å². The summed E-state index contributed by atoms with van der Waals surface area (Å²) in [6, 6.07) is 7.49. The maximum absolute atomic E-state index is 12.1. The largest absolute Gasteiger partial charge is 0.496 e. The van der Waals surface area contributed by atoms with Gasteiger partial charge in [-0.2, -0.15) is 0 Å². The Morgan fingerprint density at radius 1 is 1.05 bits per heavy atom. The van der Waals surface area contributed by atoms with E-state index >= 15 is 0 Å². The quantitative estimate of drug-likeness (QED) is 0.842. The molecular weight excluding hydrogens is 329 g/mol. The number of hydrogen-bond donors (Lipinski definition) is 2. The Balaban J connectivity index is 2.07. The summed E-state index contributed by atoms with van der Waals surface area (Å²) in [6.45, 7) is 0. The predicted octanol–water partition coefficient (Wildman–Crippen LogP) is 2.47. The molecular formula is C14H11Cl2N3O3. The van der Waals surface area contributed by atoms with Gasteiger partial charge in [0.25, 0.3) is 11.8 Å². The zero-order chi connectivity index (χ0) is 16.1. The molecule has 0 saturated heterocycles. The van der Waals surface area contributed by atoms with E-state index in [2.05, 4.69) is 15.8 Å². The minimum absolute atomic E-state index is 0.0749. The van der Waals surface area contributed by atoms with Crippen molar-refractivity contribution in [2.45, 2.75) is 0 Å². The van der Waals surface area contributed by atoms with Gasteiger partial charge in [-0.15, -0.1) is 0 Å². The number of hydrogen-bond acceptors (Lipinski definition) is 4. The van der Waals surface area contributed by atoms with Crippen molar-refractivity contribution in [3.05, 3.63) is 57.8 Å². The predicted molar refractivity (Wildman–Crippen MR) is 82.2 cm³/mol. The zero-order valence-corrected chi connectivity index (χ0v) is 12.9. The Hall–Kier alpha value is -2.31. The number of carbonyl (C=O) groups is 2. The molecule has 1 aromatic carbocycles. The van der Waals surface area contributed by atoms with E-state index in [1.807, 2.05) is 0 Å². The molecule has 0 radical (unpaired) electrons. The molecule has 2 rings (SSSR count). The van der Waals surface area contributed by atoms with Crippen LogP contribution < -0.4 is 15.6 Å². The Bertz CT molecular complexity index is 722. The molecule has 2 amide bonds. The molecule has 1 aromatic heterocycles. The highest BCUT2D eigenvalue weighted by Crippen LogP contribution is 2.22. The Morgan fingerprint density at radius 2 is 1.73 bits per heavy atom. The SMILES string of the molecule is COc1ccc(Cl)cc1C(=O)NNC(=O)c1cc(Cl)ccn1. The second-order valence-corrected chi connectivity index (χ2v) is 4.99. The van der Waals surface area contributed by atoms with Gasteiger partial charge in [-0.1, -0.05) is 23.2 Å². The highest BCUT2D eigenvalue weighted by molar-refractivity contribution is 6.31. The summed E-state index contributed by atoms with van der Waals surface area (Å²) in [6.07, 6.45) is 1.39. The fraction of sp³-hybridized carbons (Fsp3) is 0.0714. The lowest BCUT2D eigenvalue weighted by molar-refractivity contribution is 0.0842. The first-order valence-corrected chi connectivity index (χ1v) is 6.82. The number of benzene rings is 1. The molecule has 0 fully saturated rings. The van der Waals surface area contributed by atoms with Crippen molar-refractivity contribution in [1.29, 1.82) is 0 Å². The molecule has 8 heteroatoms. The standard InChI is InChI=1S/C14H11Cl2N3O3/c1-22-12-3-2-8(15)6-10(12)13(20)18-19-14(21)11-7-9(16)4-5-17-11/h2-7H,1H3,(H,18,20)(H,19,21). The number of carbonyl (C=O) groups excluding carboxylic acids is 2. The molecule has 2 aromatic rings. The third-order valence-corrected chi connectivity index (χ3v) is 3.12. The summed E-state index contributed by atoms with van der Waals surface area (Å²) < 4.78 is 5.07. The van der Waals surface area contributed by atoms with E-state index in [4.69, 9.17) is 27.9 Å². The molecule has 2 N–H and O–H groups in total. The normalized spacial score (nSPS) is 9.95. The number of pyridine rings is 1. The number of methoxy groups -OCH3 is 1. The number of aromatic nitrogens is 1. The number of hydrazine groups is 1. The van der Waals surface area contributed by atoms with E-state index < -0.39 is 11.8 Å². The molecule has 0 saturated carbocycles. The smallest absolute Gasteiger partial charge is 0.288 e. The monoisotopic (exact) mass is 339 g/mol.